The molecule has 1 atom stereocenters. The van der Waals surface area contributed by atoms with E-state index in [0.717, 1.165) is 18.7 Å². The molecule has 2 aromatic rings. The van der Waals surface area contributed by atoms with E-state index in [1.807, 2.05) is 39.9 Å². The van der Waals surface area contributed by atoms with Gasteiger partial charge in [-0.05, 0) is 30.7 Å². The van der Waals surface area contributed by atoms with E-state index >= 15 is 0 Å². The largest absolute Gasteiger partial charge is 0.337 e. The van der Waals surface area contributed by atoms with E-state index in [1.165, 1.54) is 0 Å². The average molecular weight is 256 g/mol. The van der Waals surface area contributed by atoms with Crippen LogP contribution in [-0.2, 0) is 0 Å². The number of hydrogen-bond donors (Lipinski definition) is 1. The summed E-state index contributed by atoms with van der Waals surface area (Å²) in [4.78, 5) is 18.1. The van der Waals surface area contributed by atoms with E-state index in [2.05, 4.69) is 4.98 Å². The molecule has 2 heterocycles. The van der Waals surface area contributed by atoms with Gasteiger partial charge in [0.05, 0.1) is 6.33 Å². The third-order valence-corrected chi connectivity index (χ3v) is 3.43. The lowest BCUT2D eigenvalue weighted by molar-refractivity contribution is 0.0791. The number of nitrogens with two attached hydrogens (primary N) is 1. The van der Waals surface area contributed by atoms with Gasteiger partial charge in [-0.1, -0.05) is 0 Å². The summed E-state index contributed by atoms with van der Waals surface area (Å²) in [6.45, 7) is 1.41. The van der Waals surface area contributed by atoms with Crippen LogP contribution in [0.5, 0.6) is 0 Å². The van der Waals surface area contributed by atoms with Crippen molar-refractivity contribution >= 4 is 5.91 Å². The Hall–Kier alpha value is -2.14. The van der Waals surface area contributed by atoms with Crippen molar-refractivity contribution in [3.05, 3.63) is 48.5 Å². The number of carbonyl (C=O) groups excluding carboxylic acids is 1. The second-order valence-electron chi connectivity index (χ2n) is 4.82. The summed E-state index contributed by atoms with van der Waals surface area (Å²) in [5, 5.41) is 0. The molecule has 1 fully saturated rings. The number of carbonyl (C=O) groups is 1. The van der Waals surface area contributed by atoms with Gasteiger partial charge in [0.1, 0.15) is 0 Å². The number of nitrogens with zero attached hydrogens (tertiary/aromatic N) is 3. The molecule has 5 nitrogen and oxygen atoms in total. The smallest absolute Gasteiger partial charge is 0.253 e. The second kappa shape index (κ2) is 4.85. The Kier molecular flexibility index (Phi) is 3.05. The number of aromatic nitrogens is 2. The van der Waals surface area contributed by atoms with Crippen molar-refractivity contribution in [3.8, 4) is 5.69 Å². The summed E-state index contributed by atoms with van der Waals surface area (Å²) in [6, 6.07) is 7.66. The highest BCUT2D eigenvalue weighted by molar-refractivity contribution is 5.94. The van der Waals surface area contributed by atoms with E-state index in [4.69, 9.17) is 5.73 Å². The van der Waals surface area contributed by atoms with Crippen molar-refractivity contribution in [1.29, 1.82) is 0 Å². The number of likely N-dealkylation sites (tertiary alicyclic amines) is 1. The van der Waals surface area contributed by atoms with Crippen LogP contribution in [0.3, 0.4) is 0 Å². The molecule has 0 radical (unpaired) electrons. The van der Waals surface area contributed by atoms with Gasteiger partial charge in [-0.25, -0.2) is 4.98 Å². The van der Waals surface area contributed by atoms with E-state index in [-0.39, 0.29) is 11.9 Å². The van der Waals surface area contributed by atoms with Crippen molar-refractivity contribution in [2.45, 2.75) is 12.5 Å². The summed E-state index contributed by atoms with van der Waals surface area (Å²) in [5.74, 6) is 0.0603. The maximum atomic E-state index is 12.2. The summed E-state index contributed by atoms with van der Waals surface area (Å²) >= 11 is 0. The van der Waals surface area contributed by atoms with Gasteiger partial charge in [-0.15, -0.1) is 0 Å². The molecule has 1 aromatic carbocycles. The zero-order chi connectivity index (χ0) is 13.2. The topological polar surface area (TPSA) is 64.2 Å². The lowest BCUT2D eigenvalue weighted by atomic mass is 10.2. The quantitative estimate of drug-likeness (QED) is 0.873. The van der Waals surface area contributed by atoms with Gasteiger partial charge in [-0.3, -0.25) is 4.79 Å². The van der Waals surface area contributed by atoms with Crippen LogP contribution in [0.4, 0.5) is 0 Å². The molecule has 2 N–H and O–H groups in total. The highest BCUT2D eigenvalue weighted by Gasteiger charge is 2.24. The molecule has 5 heteroatoms. The molecule has 1 aromatic heterocycles. The fourth-order valence-corrected chi connectivity index (χ4v) is 2.34. The number of rotatable bonds is 2. The second-order valence-corrected chi connectivity index (χ2v) is 4.82. The van der Waals surface area contributed by atoms with Gasteiger partial charge in [0.25, 0.3) is 5.91 Å². The first kappa shape index (κ1) is 11.9. The molecule has 3 rings (SSSR count). The van der Waals surface area contributed by atoms with Crippen molar-refractivity contribution in [2.75, 3.05) is 13.1 Å². The minimum absolute atomic E-state index is 0.0603. The maximum Gasteiger partial charge on any atom is 0.253 e. The van der Waals surface area contributed by atoms with Crippen LogP contribution in [0.1, 0.15) is 16.8 Å². The van der Waals surface area contributed by atoms with Crippen LogP contribution < -0.4 is 5.73 Å². The van der Waals surface area contributed by atoms with Crippen molar-refractivity contribution < 1.29 is 4.79 Å². The summed E-state index contributed by atoms with van der Waals surface area (Å²) in [7, 11) is 0. The highest BCUT2D eigenvalue weighted by Crippen LogP contribution is 2.14. The standard InChI is InChI=1S/C14H16N4O/c15-12-5-7-17(9-12)14(19)11-1-3-13(4-2-11)18-8-6-16-10-18/h1-4,6,8,10,12H,5,7,9,15H2. The Bertz CT molecular complexity index is 562. The third-order valence-electron chi connectivity index (χ3n) is 3.43. The van der Waals surface area contributed by atoms with Crippen molar-refractivity contribution in [2.24, 2.45) is 5.73 Å². The number of imidazole rings is 1. The Labute approximate surface area is 111 Å². The van der Waals surface area contributed by atoms with Crippen LogP contribution in [-0.4, -0.2) is 39.5 Å². The van der Waals surface area contributed by atoms with Gasteiger partial charge in [0, 0.05) is 42.8 Å². The van der Waals surface area contributed by atoms with Crippen molar-refractivity contribution in [1.82, 2.24) is 14.5 Å². The fourth-order valence-electron chi connectivity index (χ4n) is 2.34. The van der Waals surface area contributed by atoms with Crippen LogP contribution in [0.25, 0.3) is 5.69 Å². The average Bonchev–Trinajstić information content (AvgIpc) is 3.09. The van der Waals surface area contributed by atoms with E-state index < -0.39 is 0 Å². The number of amides is 1. The van der Waals surface area contributed by atoms with Crippen LogP contribution in [0.2, 0.25) is 0 Å². The Balaban J connectivity index is 1.77. The minimum Gasteiger partial charge on any atom is -0.337 e. The Morgan fingerprint density at radius 3 is 2.68 bits per heavy atom. The minimum atomic E-state index is 0.0603. The van der Waals surface area contributed by atoms with Crippen molar-refractivity contribution in [3.63, 3.8) is 0 Å². The summed E-state index contributed by atoms with van der Waals surface area (Å²) in [5.41, 5.74) is 7.52. The molecule has 0 aliphatic carbocycles. The van der Waals surface area contributed by atoms with Gasteiger partial charge in [0.2, 0.25) is 0 Å². The summed E-state index contributed by atoms with van der Waals surface area (Å²) in [6.07, 6.45) is 6.22. The predicted molar refractivity (Wildman–Crippen MR) is 72.1 cm³/mol. The Morgan fingerprint density at radius 2 is 2.11 bits per heavy atom. The maximum absolute atomic E-state index is 12.2. The van der Waals surface area contributed by atoms with Crippen LogP contribution in [0.15, 0.2) is 43.0 Å². The first-order valence-electron chi connectivity index (χ1n) is 6.37. The zero-order valence-corrected chi connectivity index (χ0v) is 10.6. The molecule has 1 aliphatic heterocycles. The van der Waals surface area contributed by atoms with Crippen LogP contribution in [0, 0.1) is 0 Å². The molecular weight excluding hydrogens is 240 g/mol. The van der Waals surface area contributed by atoms with Gasteiger partial charge >= 0.3 is 0 Å². The molecule has 0 bridgehead atoms. The van der Waals surface area contributed by atoms with Gasteiger partial charge in [-0.2, -0.15) is 0 Å². The predicted octanol–water partition coefficient (Wildman–Crippen LogP) is 1.05. The molecule has 1 amide bonds. The third kappa shape index (κ3) is 2.37. The first-order valence-corrected chi connectivity index (χ1v) is 6.37. The molecule has 1 unspecified atom stereocenters. The lowest BCUT2D eigenvalue weighted by Gasteiger charge is -2.16. The number of hydrogen-bond acceptors (Lipinski definition) is 3. The molecule has 98 valence electrons. The van der Waals surface area contributed by atoms with Crippen LogP contribution >= 0.6 is 0 Å². The lowest BCUT2D eigenvalue weighted by Crippen LogP contribution is -2.31. The zero-order valence-electron chi connectivity index (χ0n) is 10.6. The molecule has 19 heavy (non-hydrogen) atoms. The molecule has 0 spiro atoms. The van der Waals surface area contributed by atoms with E-state index in [0.29, 0.717) is 12.1 Å². The SMILES string of the molecule is NC1CCN(C(=O)c2ccc(-n3ccnc3)cc2)C1. The van der Waals surface area contributed by atoms with Gasteiger partial charge < -0.3 is 15.2 Å². The highest BCUT2D eigenvalue weighted by atomic mass is 16.2. The monoisotopic (exact) mass is 256 g/mol. The van der Waals surface area contributed by atoms with E-state index in [1.54, 1.807) is 12.5 Å². The van der Waals surface area contributed by atoms with Gasteiger partial charge in [0.15, 0.2) is 0 Å². The molecule has 1 saturated heterocycles. The van der Waals surface area contributed by atoms with E-state index in [9.17, 15) is 4.79 Å². The fraction of sp³-hybridized carbons (Fsp3) is 0.286. The normalized spacial score (nSPS) is 18.8. The first-order chi connectivity index (χ1) is 9.24. The Morgan fingerprint density at radius 1 is 1.32 bits per heavy atom. The summed E-state index contributed by atoms with van der Waals surface area (Å²) < 4.78 is 1.90. The number of benzene rings is 1. The molecule has 1 aliphatic rings. The molecular formula is C14H16N4O. The molecule has 0 saturated carbocycles.